The van der Waals surface area contributed by atoms with E-state index >= 15 is 0 Å². The third kappa shape index (κ3) is 4.14. The van der Waals surface area contributed by atoms with Crippen LogP contribution in [0.4, 0.5) is 4.39 Å². The highest BCUT2D eigenvalue weighted by Gasteiger charge is 2.30. The number of ether oxygens (including phenoxy) is 3. The lowest BCUT2D eigenvalue weighted by Crippen LogP contribution is -2.29. The molecule has 2 N–H and O–H groups in total. The van der Waals surface area contributed by atoms with Crippen LogP contribution in [0.15, 0.2) is 53.3 Å². The van der Waals surface area contributed by atoms with Gasteiger partial charge in [-0.05, 0) is 72.0 Å². The highest BCUT2D eigenvalue weighted by Crippen LogP contribution is 2.50. The molecule has 3 aromatic carbocycles. The van der Waals surface area contributed by atoms with Gasteiger partial charge in [-0.2, -0.15) is 0 Å². The summed E-state index contributed by atoms with van der Waals surface area (Å²) in [7, 11) is 4.54. The monoisotopic (exact) mass is 465 g/mol. The van der Waals surface area contributed by atoms with Crippen molar-refractivity contribution in [2.24, 2.45) is 0 Å². The number of nitrogens with one attached hydrogen (secondary N) is 1. The minimum Gasteiger partial charge on any atom is -0.504 e. The van der Waals surface area contributed by atoms with Crippen molar-refractivity contribution >= 4 is 5.91 Å². The molecule has 0 heterocycles. The van der Waals surface area contributed by atoms with E-state index in [1.54, 1.807) is 6.07 Å². The molecule has 0 fully saturated rings. The van der Waals surface area contributed by atoms with Crippen LogP contribution in [-0.2, 0) is 6.42 Å². The van der Waals surface area contributed by atoms with Gasteiger partial charge in [-0.15, -0.1) is 0 Å². The normalized spacial score (nSPS) is 14.3. The largest absolute Gasteiger partial charge is 0.504 e. The predicted octanol–water partition coefficient (Wildman–Crippen LogP) is 4.00. The maximum absolute atomic E-state index is 13.3. The summed E-state index contributed by atoms with van der Waals surface area (Å²) in [6, 6.07) is 10.8. The van der Waals surface area contributed by atoms with Gasteiger partial charge < -0.3 is 24.6 Å². The summed E-state index contributed by atoms with van der Waals surface area (Å²) in [6.07, 6.45) is 0.981. The molecule has 0 bridgehead atoms. The molecule has 0 spiro atoms. The molecule has 1 aliphatic carbocycles. The van der Waals surface area contributed by atoms with Crippen LogP contribution in [0.3, 0.4) is 0 Å². The van der Waals surface area contributed by atoms with E-state index in [9.17, 15) is 19.1 Å². The molecule has 1 atom stereocenters. The van der Waals surface area contributed by atoms with Crippen LogP contribution in [0, 0.1) is 5.82 Å². The average molecular weight is 465 g/mol. The molecule has 1 aliphatic rings. The van der Waals surface area contributed by atoms with Crippen molar-refractivity contribution in [3.8, 4) is 34.1 Å². The topological polar surface area (TPSA) is 94.1 Å². The molecule has 1 unspecified atom stereocenters. The van der Waals surface area contributed by atoms with E-state index in [1.165, 1.54) is 57.7 Å². The zero-order valence-electron chi connectivity index (χ0n) is 19.0. The predicted molar refractivity (Wildman–Crippen MR) is 124 cm³/mol. The van der Waals surface area contributed by atoms with E-state index in [4.69, 9.17) is 14.2 Å². The van der Waals surface area contributed by atoms with Crippen molar-refractivity contribution in [2.45, 2.75) is 18.9 Å². The summed E-state index contributed by atoms with van der Waals surface area (Å²) in [5.74, 6) is 0.0228. The Morgan fingerprint density at radius 3 is 2.35 bits per heavy atom. The summed E-state index contributed by atoms with van der Waals surface area (Å²) in [4.78, 5) is 25.5. The molecule has 0 saturated heterocycles. The van der Waals surface area contributed by atoms with E-state index in [-0.39, 0.29) is 5.56 Å². The first-order valence-corrected chi connectivity index (χ1v) is 10.6. The molecule has 34 heavy (non-hydrogen) atoms. The van der Waals surface area contributed by atoms with Gasteiger partial charge in [0.05, 0.1) is 27.4 Å². The van der Waals surface area contributed by atoms with Gasteiger partial charge in [0.25, 0.3) is 5.91 Å². The second-order valence-corrected chi connectivity index (χ2v) is 7.85. The number of carbonyl (C=O) groups excluding carboxylic acids is 1. The summed E-state index contributed by atoms with van der Waals surface area (Å²) in [5.41, 5.74) is 2.38. The number of fused-ring (bicyclic) bond motifs is 3. The smallest absolute Gasteiger partial charge is 0.251 e. The van der Waals surface area contributed by atoms with Gasteiger partial charge in [0.1, 0.15) is 5.82 Å². The summed E-state index contributed by atoms with van der Waals surface area (Å²) in [6.45, 7) is 0. The average Bonchev–Trinajstić information content (AvgIpc) is 3.07. The third-order valence-corrected chi connectivity index (χ3v) is 5.93. The van der Waals surface area contributed by atoms with Gasteiger partial charge in [-0.3, -0.25) is 9.59 Å². The number of hydrogen-bond donors (Lipinski definition) is 2. The minimum atomic E-state index is -0.579. The molecule has 8 heteroatoms. The number of halogens is 1. The lowest BCUT2D eigenvalue weighted by Gasteiger charge is -2.20. The number of aromatic hydroxyl groups is 1. The first-order chi connectivity index (χ1) is 16.4. The number of methoxy groups -OCH3 is 3. The van der Waals surface area contributed by atoms with E-state index < -0.39 is 28.9 Å². The molecule has 0 aromatic heterocycles. The Labute approximate surface area is 195 Å². The molecule has 0 aliphatic heterocycles. The first-order valence-electron chi connectivity index (χ1n) is 10.6. The Balaban J connectivity index is 1.91. The Morgan fingerprint density at radius 1 is 1.00 bits per heavy atom. The first kappa shape index (κ1) is 23.1. The minimum absolute atomic E-state index is 0.288. The number of amides is 1. The molecular weight excluding hydrogens is 441 g/mol. The zero-order chi connectivity index (χ0) is 24.4. The lowest BCUT2D eigenvalue weighted by molar-refractivity contribution is 0.0935. The number of aryl methyl sites for hydroxylation is 1. The van der Waals surface area contributed by atoms with E-state index in [0.717, 1.165) is 5.56 Å². The quantitative estimate of drug-likeness (QED) is 0.592. The molecule has 176 valence electrons. The SMILES string of the molecule is COc1cc2c(c(OC)c1OC)-c1ccc(O)c(=O)cc1C(NC(=O)c1ccc(F)cc1)CC2. The molecule has 1 amide bonds. The third-order valence-electron chi connectivity index (χ3n) is 5.93. The van der Waals surface area contributed by atoms with Crippen molar-refractivity contribution in [2.75, 3.05) is 21.3 Å². The van der Waals surface area contributed by atoms with E-state index in [1.807, 2.05) is 6.07 Å². The second kappa shape index (κ2) is 9.43. The molecular formula is C26H24FNO6. The molecule has 3 aromatic rings. The molecule has 0 radical (unpaired) electrons. The maximum Gasteiger partial charge on any atom is 0.251 e. The maximum atomic E-state index is 13.3. The summed E-state index contributed by atoms with van der Waals surface area (Å²) >= 11 is 0. The standard InChI is InChI=1S/C26H24FNO6/c1-32-22-12-15-6-10-19(28-26(31)14-4-7-16(27)8-5-14)18-13-21(30)20(29)11-9-17(18)23(15)25(34-3)24(22)33-2/h4-5,7-9,11-13,19H,6,10H2,1-3H3,(H,28,31)(H,29,30). The van der Waals surface area contributed by atoms with Gasteiger partial charge in [0, 0.05) is 11.1 Å². The lowest BCUT2D eigenvalue weighted by atomic mass is 9.95. The van der Waals surface area contributed by atoms with Gasteiger partial charge >= 0.3 is 0 Å². The Bertz CT molecular complexity index is 1310. The Morgan fingerprint density at radius 2 is 1.71 bits per heavy atom. The second-order valence-electron chi connectivity index (χ2n) is 7.85. The van der Waals surface area contributed by atoms with Crippen molar-refractivity contribution in [3.63, 3.8) is 0 Å². The van der Waals surface area contributed by atoms with Crippen LogP contribution in [0.5, 0.6) is 23.0 Å². The van der Waals surface area contributed by atoms with Crippen LogP contribution in [0.2, 0.25) is 0 Å². The Hall–Kier alpha value is -4.07. The van der Waals surface area contributed by atoms with Crippen molar-refractivity contribution in [3.05, 3.63) is 81.3 Å². The number of benzene rings is 2. The van der Waals surface area contributed by atoms with Crippen LogP contribution >= 0.6 is 0 Å². The molecule has 4 rings (SSSR count). The summed E-state index contributed by atoms with van der Waals surface area (Å²) in [5, 5.41) is 13.1. The van der Waals surface area contributed by atoms with E-state index in [2.05, 4.69) is 5.32 Å². The van der Waals surface area contributed by atoms with Crippen molar-refractivity contribution < 1.29 is 28.5 Å². The van der Waals surface area contributed by atoms with Crippen LogP contribution in [-0.4, -0.2) is 32.3 Å². The van der Waals surface area contributed by atoms with Gasteiger partial charge in [0.15, 0.2) is 17.2 Å². The fourth-order valence-electron chi connectivity index (χ4n) is 4.30. The van der Waals surface area contributed by atoms with E-state index in [0.29, 0.717) is 46.8 Å². The van der Waals surface area contributed by atoms with Crippen LogP contribution in [0.1, 0.15) is 33.9 Å². The molecule has 7 nitrogen and oxygen atoms in total. The van der Waals surface area contributed by atoms with Gasteiger partial charge in [-0.25, -0.2) is 4.39 Å². The number of rotatable bonds is 5. The van der Waals surface area contributed by atoms with Crippen LogP contribution in [0.25, 0.3) is 11.1 Å². The highest BCUT2D eigenvalue weighted by molar-refractivity contribution is 5.94. The zero-order valence-corrected chi connectivity index (χ0v) is 19.0. The Kier molecular flexibility index (Phi) is 6.40. The summed E-state index contributed by atoms with van der Waals surface area (Å²) < 4.78 is 30.1. The molecule has 0 saturated carbocycles. The van der Waals surface area contributed by atoms with Gasteiger partial charge in [-0.1, -0.05) is 6.07 Å². The van der Waals surface area contributed by atoms with Crippen LogP contribution < -0.4 is 25.0 Å². The highest BCUT2D eigenvalue weighted by atomic mass is 19.1. The fourth-order valence-corrected chi connectivity index (χ4v) is 4.30. The fraction of sp³-hybridized carbons (Fsp3) is 0.231. The van der Waals surface area contributed by atoms with Crippen molar-refractivity contribution in [1.29, 1.82) is 0 Å². The number of hydrogen-bond acceptors (Lipinski definition) is 6. The number of carbonyl (C=O) groups is 1. The van der Waals surface area contributed by atoms with Crippen molar-refractivity contribution in [1.82, 2.24) is 5.32 Å². The van der Waals surface area contributed by atoms with Gasteiger partial charge in [0.2, 0.25) is 11.2 Å².